The molecule has 8 nitrogen and oxygen atoms in total. The average molecular weight is 390 g/mol. The zero-order valence-electron chi connectivity index (χ0n) is 16.0. The SMILES string of the molecule is O=C(Cn1nnc(-c2ccccc2)n1)NCc1ccc(C(=O)N2CCCC2)cc1. The van der Waals surface area contributed by atoms with E-state index in [-0.39, 0.29) is 18.4 Å². The van der Waals surface area contributed by atoms with Crippen LogP contribution in [0.25, 0.3) is 11.4 Å². The lowest BCUT2D eigenvalue weighted by molar-refractivity contribution is -0.122. The van der Waals surface area contributed by atoms with Crippen molar-refractivity contribution in [3.63, 3.8) is 0 Å². The van der Waals surface area contributed by atoms with E-state index in [1.807, 2.05) is 59.5 Å². The molecule has 4 rings (SSSR count). The molecule has 8 heteroatoms. The Kier molecular flexibility index (Phi) is 5.60. The Hall–Kier alpha value is -3.55. The van der Waals surface area contributed by atoms with Crippen LogP contribution in [0.3, 0.4) is 0 Å². The van der Waals surface area contributed by atoms with Crippen LogP contribution < -0.4 is 5.32 Å². The molecule has 1 N–H and O–H groups in total. The van der Waals surface area contributed by atoms with Crippen molar-refractivity contribution in [3.05, 3.63) is 65.7 Å². The Morgan fingerprint density at radius 3 is 2.41 bits per heavy atom. The van der Waals surface area contributed by atoms with Gasteiger partial charge in [-0.05, 0) is 35.8 Å². The number of hydrogen-bond donors (Lipinski definition) is 1. The minimum atomic E-state index is -0.209. The van der Waals surface area contributed by atoms with Gasteiger partial charge < -0.3 is 10.2 Å². The highest BCUT2D eigenvalue weighted by atomic mass is 16.2. The summed E-state index contributed by atoms with van der Waals surface area (Å²) in [7, 11) is 0. The summed E-state index contributed by atoms with van der Waals surface area (Å²) >= 11 is 0. The number of benzene rings is 2. The maximum absolute atomic E-state index is 12.4. The van der Waals surface area contributed by atoms with Gasteiger partial charge in [-0.25, -0.2) is 0 Å². The number of likely N-dealkylation sites (tertiary alicyclic amines) is 1. The molecule has 0 saturated carbocycles. The number of nitrogens with zero attached hydrogens (tertiary/aromatic N) is 5. The van der Waals surface area contributed by atoms with E-state index in [1.54, 1.807) is 0 Å². The molecular formula is C21H22N6O2. The molecule has 1 fully saturated rings. The quantitative estimate of drug-likeness (QED) is 0.694. The van der Waals surface area contributed by atoms with Gasteiger partial charge in [0, 0.05) is 30.8 Å². The lowest BCUT2D eigenvalue weighted by atomic mass is 10.1. The average Bonchev–Trinajstić information content (AvgIpc) is 3.45. The topological polar surface area (TPSA) is 93.0 Å². The molecule has 0 aliphatic carbocycles. The summed E-state index contributed by atoms with van der Waals surface area (Å²) < 4.78 is 0. The van der Waals surface area contributed by atoms with Crippen molar-refractivity contribution in [1.82, 2.24) is 30.4 Å². The first-order chi connectivity index (χ1) is 14.2. The first kappa shape index (κ1) is 18.8. The third kappa shape index (κ3) is 4.66. The molecular weight excluding hydrogens is 368 g/mol. The fourth-order valence-corrected chi connectivity index (χ4v) is 3.27. The van der Waals surface area contributed by atoms with Gasteiger partial charge in [-0.3, -0.25) is 9.59 Å². The summed E-state index contributed by atoms with van der Waals surface area (Å²) in [5.41, 5.74) is 2.46. The van der Waals surface area contributed by atoms with Crippen LogP contribution in [-0.2, 0) is 17.9 Å². The van der Waals surface area contributed by atoms with Crippen LogP contribution in [-0.4, -0.2) is 50.0 Å². The van der Waals surface area contributed by atoms with Gasteiger partial charge in [-0.1, -0.05) is 42.5 Å². The van der Waals surface area contributed by atoms with Crippen molar-refractivity contribution in [2.24, 2.45) is 0 Å². The van der Waals surface area contributed by atoms with Crippen LogP contribution >= 0.6 is 0 Å². The fraction of sp³-hybridized carbons (Fsp3) is 0.286. The van der Waals surface area contributed by atoms with Gasteiger partial charge in [-0.15, -0.1) is 10.2 Å². The fourth-order valence-electron chi connectivity index (χ4n) is 3.27. The van der Waals surface area contributed by atoms with E-state index >= 15 is 0 Å². The van der Waals surface area contributed by atoms with Gasteiger partial charge in [0.15, 0.2) is 0 Å². The molecule has 2 aromatic carbocycles. The minimum absolute atomic E-state index is 0.00857. The third-order valence-electron chi connectivity index (χ3n) is 4.85. The lowest BCUT2D eigenvalue weighted by Gasteiger charge is -2.15. The number of rotatable bonds is 6. The highest BCUT2D eigenvalue weighted by Crippen LogP contribution is 2.14. The standard InChI is InChI=1S/C21H22N6O2/c28-19(15-27-24-20(23-25-27)17-6-2-1-3-7-17)22-14-16-8-10-18(11-9-16)21(29)26-12-4-5-13-26/h1-3,6-11H,4-5,12-15H2,(H,22,28). The molecule has 1 aliphatic rings. The van der Waals surface area contributed by atoms with Crippen LogP contribution in [0.5, 0.6) is 0 Å². The lowest BCUT2D eigenvalue weighted by Crippen LogP contribution is -2.28. The van der Waals surface area contributed by atoms with Crippen LogP contribution in [0.2, 0.25) is 0 Å². The number of carbonyl (C=O) groups is 2. The first-order valence-corrected chi connectivity index (χ1v) is 9.67. The van der Waals surface area contributed by atoms with E-state index < -0.39 is 0 Å². The Balaban J connectivity index is 1.28. The second-order valence-electron chi connectivity index (χ2n) is 6.98. The molecule has 2 heterocycles. The Morgan fingerprint density at radius 1 is 0.966 bits per heavy atom. The molecule has 3 aromatic rings. The summed E-state index contributed by atoms with van der Waals surface area (Å²) in [6.45, 7) is 2.03. The summed E-state index contributed by atoms with van der Waals surface area (Å²) in [6.07, 6.45) is 2.15. The van der Waals surface area contributed by atoms with Crippen LogP contribution in [0.1, 0.15) is 28.8 Å². The number of carbonyl (C=O) groups excluding carboxylic acids is 2. The molecule has 1 aliphatic heterocycles. The minimum Gasteiger partial charge on any atom is -0.350 e. The second-order valence-corrected chi connectivity index (χ2v) is 6.98. The van der Waals surface area contributed by atoms with Gasteiger partial charge in [-0.2, -0.15) is 4.80 Å². The van der Waals surface area contributed by atoms with E-state index in [1.165, 1.54) is 4.80 Å². The van der Waals surface area contributed by atoms with E-state index in [2.05, 4.69) is 20.7 Å². The summed E-state index contributed by atoms with van der Waals surface area (Å²) in [6, 6.07) is 16.8. The van der Waals surface area contributed by atoms with Crippen molar-refractivity contribution >= 4 is 11.8 Å². The molecule has 0 radical (unpaired) electrons. The number of aromatic nitrogens is 4. The number of amides is 2. The molecule has 1 saturated heterocycles. The molecule has 0 unspecified atom stereocenters. The molecule has 0 bridgehead atoms. The largest absolute Gasteiger partial charge is 0.350 e. The summed E-state index contributed by atoms with van der Waals surface area (Å²) in [4.78, 5) is 27.7. The predicted molar refractivity (Wildman–Crippen MR) is 107 cm³/mol. The van der Waals surface area contributed by atoms with Crippen molar-refractivity contribution in [1.29, 1.82) is 0 Å². The Labute approximate surface area is 168 Å². The molecule has 0 atom stereocenters. The van der Waals surface area contributed by atoms with Gasteiger partial charge in [0.25, 0.3) is 5.91 Å². The molecule has 2 amide bonds. The zero-order chi connectivity index (χ0) is 20.1. The third-order valence-corrected chi connectivity index (χ3v) is 4.85. The molecule has 1 aromatic heterocycles. The molecule has 29 heavy (non-hydrogen) atoms. The van der Waals surface area contributed by atoms with Gasteiger partial charge in [0.05, 0.1) is 0 Å². The molecule has 0 spiro atoms. The summed E-state index contributed by atoms with van der Waals surface area (Å²) in [5.74, 6) is 0.348. The van der Waals surface area contributed by atoms with Gasteiger partial charge in [0.1, 0.15) is 6.54 Å². The zero-order valence-corrected chi connectivity index (χ0v) is 16.0. The Morgan fingerprint density at radius 2 is 1.69 bits per heavy atom. The number of nitrogens with one attached hydrogen (secondary N) is 1. The van der Waals surface area contributed by atoms with Crippen molar-refractivity contribution in [2.45, 2.75) is 25.9 Å². The van der Waals surface area contributed by atoms with Gasteiger partial charge >= 0.3 is 0 Å². The monoisotopic (exact) mass is 390 g/mol. The van der Waals surface area contributed by atoms with Gasteiger partial charge in [0.2, 0.25) is 11.7 Å². The highest BCUT2D eigenvalue weighted by Gasteiger charge is 2.19. The molecule has 148 valence electrons. The number of tetrazole rings is 1. The van der Waals surface area contributed by atoms with Crippen molar-refractivity contribution < 1.29 is 9.59 Å². The summed E-state index contributed by atoms with van der Waals surface area (Å²) in [5, 5.41) is 15.0. The smallest absolute Gasteiger partial charge is 0.253 e. The van der Waals surface area contributed by atoms with E-state index in [9.17, 15) is 9.59 Å². The Bertz CT molecular complexity index is 978. The van der Waals surface area contributed by atoms with E-state index in [0.29, 0.717) is 17.9 Å². The maximum Gasteiger partial charge on any atom is 0.253 e. The predicted octanol–water partition coefficient (Wildman–Crippen LogP) is 1.89. The van der Waals surface area contributed by atoms with E-state index in [0.717, 1.165) is 37.1 Å². The number of hydrogen-bond acceptors (Lipinski definition) is 5. The first-order valence-electron chi connectivity index (χ1n) is 9.67. The van der Waals surface area contributed by atoms with Crippen molar-refractivity contribution in [3.8, 4) is 11.4 Å². The van der Waals surface area contributed by atoms with E-state index in [4.69, 9.17) is 0 Å². The maximum atomic E-state index is 12.4. The van der Waals surface area contributed by atoms with Crippen LogP contribution in [0, 0.1) is 0 Å². The highest BCUT2D eigenvalue weighted by molar-refractivity contribution is 5.94. The second kappa shape index (κ2) is 8.64. The normalized spacial score (nSPS) is 13.4. The van der Waals surface area contributed by atoms with Crippen LogP contribution in [0.4, 0.5) is 0 Å². The van der Waals surface area contributed by atoms with Crippen LogP contribution in [0.15, 0.2) is 54.6 Å². The van der Waals surface area contributed by atoms with Crippen molar-refractivity contribution in [2.75, 3.05) is 13.1 Å².